The van der Waals surface area contributed by atoms with Crippen molar-refractivity contribution in [3.63, 3.8) is 0 Å². The van der Waals surface area contributed by atoms with Crippen LogP contribution in [0.15, 0.2) is 24.4 Å². The molecule has 0 N–H and O–H groups in total. The molecular formula is C18H29N3. The molecule has 2 saturated heterocycles. The Bertz CT molecular complexity index is 415. The molecule has 3 nitrogen and oxygen atoms in total. The Kier molecular flexibility index (Phi) is 4.91. The molecule has 0 saturated carbocycles. The van der Waals surface area contributed by atoms with Gasteiger partial charge in [-0.1, -0.05) is 19.9 Å². The number of hydrogen-bond donors (Lipinski definition) is 0. The highest BCUT2D eigenvalue weighted by molar-refractivity contribution is 5.03. The van der Waals surface area contributed by atoms with Crippen LogP contribution in [0.2, 0.25) is 0 Å². The van der Waals surface area contributed by atoms with Crippen molar-refractivity contribution < 1.29 is 0 Å². The number of nitrogens with zero attached hydrogens (tertiary/aromatic N) is 3. The summed E-state index contributed by atoms with van der Waals surface area (Å²) in [6.45, 7) is 10.9. The van der Waals surface area contributed by atoms with Crippen LogP contribution in [0.25, 0.3) is 0 Å². The van der Waals surface area contributed by atoms with Crippen LogP contribution in [-0.4, -0.2) is 47.0 Å². The van der Waals surface area contributed by atoms with Gasteiger partial charge in [-0.15, -0.1) is 0 Å². The zero-order valence-electron chi connectivity index (χ0n) is 13.5. The third-order valence-corrected chi connectivity index (χ3v) is 5.08. The minimum absolute atomic E-state index is 0.815. The Morgan fingerprint density at radius 3 is 2.43 bits per heavy atom. The largest absolute Gasteiger partial charge is 0.300 e. The molecule has 0 aromatic carbocycles. The van der Waals surface area contributed by atoms with E-state index in [9.17, 15) is 0 Å². The summed E-state index contributed by atoms with van der Waals surface area (Å²) in [5.41, 5.74) is 1.20. The molecule has 1 aromatic heterocycles. The summed E-state index contributed by atoms with van der Waals surface area (Å²) in [5, 5.41) is 0. The number of pyridine rings is 1. The molecule has 0 spiro atoms. The van der Waals surface area contributed by atoms with E-state index in [1.54, 1.807) is 0 Å². The molecule has 2 fully saturated rings. The van der Waals surface area contributed by atoms with Crippen molar-refractivity contribution in [2.24, 2.45) is 11.8 Å². The molecule has 3 heterocycles. The Hall–Kier alpha value is -0.930. The second-order valence-electron chi connectivity index (χ2n) is 7.23. The Morgan fingerprint density at radius 2 is 1.81 bits per heavy atom. The normalized spacial score (nSPS) is 29.6. The van der Waals surface area contributed by atoms with Gasteiger partial charge in [0.25, 0.3) is 0 Å². The third-order valence-electron chi connectivity index (χ3n) is 5.08. The molecule has 3 rings (SSSR count). The summed E-state index contributed by atoms with van der Waals surface area (Å²) in [4.78, 5) is 9.79. The monoisotopic (exact) mass is 287 g/mol. The lowest BCUT2D eigenvalue weighted by molar-refractivity contribution is 0.0527. The first-order chi connectivity index (χ1) is 10.2. The van der Waals surface area contributed by atoms with Crippen molar-refractivity contribution in [3.05, 3.63) is 30.1 Å². The molecule has 3 heteroatoms. The van der Waals surface area contributed by atoms with E-state index in [-0.39, 0.29) is 0 Å². The highest BCUT2D eigenvalue weighted by Gasteiger charge is 2.29. The fourth-order valence-corrected chi connectivity index (χ4v) is 4.17. The predicted octanol–water partition coefficient (Wildman–Crippen LogP) is 3.02. The SMILES string of the molecule is CC1CC(C)CN(C2CCN(Cc3ccccn3)CC2)C1. The molecule has 1 aromatic rings. The summed E-state index contributed by atoms with van der Waals surface area (Å²) in [5.74, 6) is 1.75. The van der Waals surface area contributed by atoms with E-state index in [0.717, 1.165) is 24.4 Å². The number of hydrogen-bond acceptors (Lipinski definition) is 3. The minimum Gasteiger partial charge on any atom is -0.300 e. The van der Waals surface area contributed by atoms with Gasteiger partial charge in [-0.05, 0) is 43.2 Å². The van der Waals surface area contributed by atoms with E-state index in [1.165, 1.54) is 51.1 Å². The van der Waals surface area contributed by atoms with Gasteiger partial charge in [0.1, 0.15) is 0 Å². The summed E-state index contributed by atoms with van der Waals surface area (Å²) in [7, 11) is 0. The highest BCUT2D eigenvalue weighted by Crippen LogP contribution is 2.26. The Labute approximate surface area is 129 Å². The molecule has 2 unspecified atom stereocenters. The van der Waals surface area contributed by atoms with Gasteiger partial charge in [0.15, 0.2) is 0 Å². The molecule has 0 bridgehead atoms. The molecular weight excluding hydrogens is 258 g/mol. The van der Waals surface area contributed by atoms with Gasteiger partial charge in [-0.25, -0.2) is 0 Å². The quantitative estimate of drug-likeness (QED) is 0.852. The smallest absolute Gasteiger partial charge is 0.0543 e. The van der Waals surface area contributed by atoms with E-state index in [4.69, 9.17) is 0 Å². The first-order valence-electron chi connectivity index (χ1n) is 8.57. The van der Waals surface area contributed by atoms with Gasteiger partial charge in [0.2, 0.25) is 0 Å². The van der Waals surface area contributed by atoms with Gasteiger partial charge in [-0.3, -0.25) is 14.8 Å². The fraction of sp³-hybridized carbons (Fsp3) is 0.722. The van der Waals surface area contributed by atoms with Crippen LogP contribution in [0.4, 0.5) is 0 Å². The maximum atomic E-state index is 4.45. The summed E-state index contributed by atoms with van der Waals surface area (Å²) in [6.07, 6.45) is 5.96. The van der Waals surface area contributed by atoms with Gasteiger partial charge in [0.05, 0.1) is 5.69 Å². The first-order valence-corrected chi connectivity index (χ1v) is 8.57. The molecule has 0 amide bonds. The minimum atomic E-state index is 0.815. The average Bonchev–Trinajstić information content (AvgIpc) is 2.48. The maximum Gasteiger partial charge on any atom is 0.0543 e. The van der Waals surface area contributed by atoms with Crippen molar-refractivity contribution >= 4 is 0 Å². The summed E-state index contributed by atoms with van der Waals surface area (Å²) < 4.78 is 0. The van der Waals surface area contributed by atoms with Crippen LogP contribution >= 0.6 is 0 Å². The van der Waals surface area contributed by atoms with E-state index >= 15 is 0 Å². The van der Waals surface area contributed by atoms with E-state index in [2.05, 4.69) is 40.8 Å². The Morgan fingerprint density at radius 1 is 1.10 bits per heavy atom. The zero-order valence-corrected chi connectivity index (χ0v) is 13.5. The number of piperidine rings is 2. The topological polar surface area (TPSA) is 19.4 Å². The summed E-state index contributed by atoms with van der Waals surface area (Å²) >= 11 is 0. The maximum absolute atomic E-state index is 4.45. The second-order valence-corrected chi connectivity index (χ2v) is 7.23. The highest BCUT2D eigenvalue weighted by atomic mass is 15.2. The van der Waals surface area contributed by atoms with Gasteiger partial charge < -0.3 is 0 Å². The zero-order chi connectivity index (χ0) is 14.7. The average molecular weight is 287 g/mol. The molecule has 116 valence electrons. The molecule has 2 atom stereocenters. The lowest BCUT2D eigenvalue weighted by Crippen LogP contribution is -2.49. The Balaban J connectivity index is 1.48. The fourth-order valence-electron chi connectivity index (χ4n) is 4.17. The number of aromatic nitrogens is 1. The predicted molar refractivity (Wildman–Crippen MR) is 87.1 cm³/mol. The van der Waals surface area contributed by atoms with Crippen LogP contribution in [0.3, 0.4) is 0 Å². The van der Waals surface area contributed by atoms with Crippen molar-refractivity contribution in [2.45, 2.75) is 45.7 Å². The lowest BCUT2D eigenvalue weighted by atomic mass is 9.89. The van der Waals surface area contributed by atoms with Gasteiger partial charge >= 0.3 is 0 Å². The van der Waals surface area contributed by atoms with Crippen LogP contribution in [0.5, 0.6) is 0 Å². The van der Waals surface area contributed by atoms with Crippen molar-refractivity contribution in [3.8, 4) is 0 Å². The van der Waals surface area contributed by atoms with Crippen molar-refractivity contribution in [1.82, 2.24) is 14.8 Å². The van der Waals surface area contributed by atoms with Crippen LogP contribution in [0, 0.1) is 11.8 Å². The number of rotatable bonds is 3. The second kappa shape index (κ2) is 6.89. The van der Waals surface area contributed by atoms with Gasteiger partial charge in [-0.2, -0.15) is 0 Å². The first kappa shape index (κ1) is 15.0. The van der Waals surface area contributed by atoms with Crippen LogP contribution in [-0.2, 0) is 6.54 Å². The van der Waals surface area contributed by atoms with Crippen LogP contribution in [0.1, 0.15) is 38.8 Å². The van der Waals surface area contributed by atoms with Crippen LogP contribution < -0.4 is 0 Å². The lowest BCUT2D eigenvalue weighted by Gasteiger charge is -2.43. The van der Waals surface area contributed by atoms with Crippen molar-refractivity contribution in [1.29, 1.82) is 0 Å². The molecule has 21 heavy (non-hydrogen) atoms. The van der Waals surface area contributed by atoms with E-state index < -0.39 is 0 Å². The molecule has 0 radical (unpaired) electrons. The standard InChI is InChI=1S/C18H29N3/c1-15-11-16(2)13-21(12-15)18-6-9-20(10-7-18)14-17-5-3-4-8-19-17/h3-5,8,15-16,18H,6-7,9-14H2,1-2H3. The molecule has 2 aliphatic heterocycles. The van der Waals surface area contributed by atoms with E-state index in [0.29, 0.717) is 0 Å². The molecule has 0 aliphatic carbocycles. The summed E-state index contributed by atoms with van der Waals surface area (Å²) in [6, 6.07) is 7.04. The number of likely N-dealkylation sites (tertiary alicyclic amines) is 2. The third kappa shape index (κ3) is 4.04. The van der Waals surface area contributed by atoms with Gasteiger partial charge in [0, 0.05) is 45.0 Å². The molecule has 2 aliphatic rings. The van der Waals surface area contributed by atoms with Crippen molar-refractivity contribution in [2.75, 3.05) is 26.2 Å². The van der Waals surface area contributed by atoms with E-state index in [1.807, 2.05) is 12.3 Å².